The first-order valence-corrected chi connectivity index (χ1v) is 10.3. The summed E-state index contributed by atoms with van der Waals surface area (Å²) in [6.07, 6.45) is -0.666. The summed E-state index contributed by atoms with van der Waals surface area (Å²) in [5, 5.41) is 35.8. The van der Waals surface area contributed by atoms with E-state index in [9.17, 15) is 19.8 Å². The highest BCUT2D eigenvalue weighted by atomic mass is 35.5. The van der Waals surface area contributed by atoms with Gasteiger partial charge in [0.2, 0.25) is 0 Å². The Morgan fingerprint density at radius 3 is 2.41 bits per heavy atom. The maximum atomic E-state index is 11.6. The van der Waals surface area contributed by atoms with Gasteiger partial charge in [0.15, 0.2) is 0 Å². The first-order valence-electron chi connectivity index (χ1n) is 9.94. The van der Waals surface area contributed by atoms with Gasteiger partial charge >= 0.3 is 11.9 Å². The lowest BCUT2D eigenvalue weighted by atomic mass is 9.97. The fourth-order valence-electron chi connectivity index (χ4n) is 3.27. The number of nitrogens with one attached hydrogen (secondary N) is 2. The molecule has 5 N–H and O–H groups in total. The number of rotatable bonds is 10. The summed E-state index contributed by atoms with van der Waals surface area (Å²) in [5.41, 5.74) is 2.49. The molecule has 0 saturated carbocycles. The van der Waals surface area contributed by atoms with Gasteiger partial charge in [0.05, 0.1) is 17.2 Å². The molecule has 0 heterocycles. The number of anilines is 1. The maximum Gasteiger partial charge on any atom is 0.336 e. The van der Waals surface area contributed by atoms with E-state index in [1.54, 1.807) is 30.3 Å². The van der Waals surface area contributed by atoms with Crippen LogP contribution in [0.5, 0.6) is 0 Å². The van der Waals surface area contributed by atoms with Crippen LogP contribution < -0.4 is 10.6 Å². The van der Waals surface area contributed by atoms with Crippen LogP contribution in [0.1, 0.15) is 32.4 Å². The zero-order chi connectivity index (χ0) is 23.1. The fourth-order valence-corrected chi connectivity index (χ4v) is 3.47. The first kappa shape index (κ1) is 23.3. The highest BCUT2D eigenvalue weighted by molar-refractivity contribution is 6.30. The average Bonchev–Trinajstić information content (AvgIpc) is 2.78. The molecule has 0 aliphatic carbocycles. The smallest absolute Gasteiger partial charge is 0.336 e. The molecule has 0 aliphatic heterocycles. The minimum Gasteiger partial charge on any atom is -0.478 e. The van der Waals surface area contributed by atoms with E-state index in [-0.39, 0.29) is 11.1 Å². The summed E-state index contributed by atoms with van der Waals surface area (Å²) in [6.45, 7) is 1.55. The van der Waals surface area contributed by atoms with Crippen molar-refractivity contribution in [3.8, 4) is 11.1 Å². The Balaban J connectivity index is 1.59. The Hall–Kier alpha value is -3.39. The van der Waals surface area contributed by atoms with Crippen molar-refractivity contribution in [2.45, 2.75) is 6.10 Å². The number of aliphatic hydroxyl groups is 1. The fraction of sp³-hybridized carbons (Fsp3) is 0.167. The van der Waals surface area contributed by atoms with E-state index >= 15 is 0 Å². The lowest BCUT2D eigenvalue weighted by molar-refractivity contribution is 0.0696. The predicted octanol–water partition coefficient (Wildman–Crippen LogP) is 4.14. The van der Waals surface area contributed by atoms with E-state index in [1.165, 1.54) is 12.1 Å². The zero-order valence-corrected chi connectivity index (χ0v) is 17.8. The second kappa shape index (κ2) is 10.8. The first-order chi connectivity index (χ1) is 15.3. The van der Waals surface area contributed by atoms with Gasteiger partial charge in [-0.05, 0) is 53.1 Å². The molecule has 0 saturated heterocycles. The zero-order valence-electron chi connectivity index (χ0n) is 17.1. The Bertz CT molecular complexity index is 1120. The van der Waals surface area contributed by atoms with Crippen molar-refractivity contribution in [2.24, 2.45) is 0 Å². The lowest BCUT2D eigenvalue weighted by Gasteiger charge is -2.14. The monoisotopic (exact) mass is 454 g/mol. The number of carboxylic acid groups (broad SMARTS) is 2. The molecule has 0 aromatic heterocycles. The summed E-state index contributed by atoms with van der Waals surface area (Å²) < 4.78 is 0. The number of aliphatic hydroxyl groups excluding tert-OH is 1. The van der Waals surface area contributed by atoms with Gasteiger partial charge in [-0.1, -0.05) is 41.9 Å². The van der Waals surface area contributed by atoms with E-state index < -0.39 is 18.0 Å². The van der Waals surface area contributed by atoms with E-state index in [0.29, 0.717) is 35.8 Å². The SMILES string of the molecule is O=C(O)c1ccc(-c2cccc(NCCNCC(O)c3cccc(Cl)c3)c2)c(C(=O)O)c1. The molecule has 8 heteroatoms. The minimum atomic E-state index is -1.19. The van der Waals surface area contributed by atoms with Crippen molar-refractivity contribution in [2.75, 3.05) is 25.0 Å². The van der Waals surface area contributed by atoms with Crippen LogP contribution in [0.15, 0.2) is 66.7 Å². The number of hydrogen-bond donors (Lipinski definition) is 5. The number of aromatic carboxylic acids is 2. The molecule has 3 aromatic carbocycles. The maximum absolute atomic E-state index is 11.6. The van der Waals surface area contributed by atoms with Gasteiger partial charge in [0.25, 0.3) is 0 Å². The van der Waals surface area contributed by atoms with Crippen LogP contribution in [-0.4, -0.2) is 46.9 Å². The predicted molar refractivity (Wildman–Crippen MR) is 124 cm³/mol. The van der Waals surface area contributed by atoms with Crippen molar-refractivity contribution in [3.05, 3.63) is 88.4 Å². The number of halogens is 1. The molecule has 0 amide bonds. The highest BCUT2D eigenvalue weighted by Gasteiger charge is 2.15. The van der Waals surface area contributed by atoms with Crippen LogP contribution in [0.4, 0.5) is 5.69 Å². The average molecular weight is 455 g/mol. The number of benzene rings is 3. The third-order valence-electron chi connectivity index (χ3n) is 4.87. The summed E-state index contributed by atoms with van der Waals surface area (Å²) in [4.78, 5) is 22.8. The number of hydrogen-bond acceptors (Lipinski definition) is 5. The standard InChI is InChI=1S/C24H23ClN2O5/c25-18-5-1-4-16(11-18)22(28)14-26-9-10-27-19-6-2-3-15(12-19)20-8-7-17(23(29)30)13-21(20)24(31)32/h1-8,11-13,22,26-28H,9-10,14H2,(H,29,30)(H,31,32). The number of carbonyl (C=O) groups is 2. The minimum absolute atomic E-state index is 0.0706. The van der Waals surface area contributed by atoms with Crippen LogP contribution in [-0.2, 0) is 0 Å². The van der Waals surface area contributed by atoms with Gasteiger partial charge in [-0.15, -0.1) is 0 Å². The quantitative estimate of drug-likeness (QED) is 0.292. The molecule has 0 fully saturated rings. The largest absolute Gasteiger partial charge is 0.478 e. The van der Waals surface area contributed by atoms with Crippen molar-refractivity contribution in [1.82, 2.24) is 5.32 Å². The summed E-state index contributed by atoms with van der Waals surface area (Å²) >= 11 is 5.95. The van der Waals surface area contributed by atoms with E-state index in [2.05, 4.69) is 10.6 Å². The Morgan fingerprint density at radius 1 is 0.906 bits per heavy atom. The van der Waals surface area contributed by atoms with Crippen LogP contribution in [0, 0.1) is 0 Å². The highest BCUT2D eigenvalue weighted by Crippen LogP contribution is 2.27. The molecule has 0 spiro atoms. The Labute approximate surface area is 190 Å². The Kier molecular flexibility index (Phi) is 7.83. The molecule has 0 aliphatic rings. The van der Waals surface area contributed by atoms with E-state index in [4.69, 9.17) is 16.7 Å². The second-order valence-corrected chi connectivity index (χ2v) is 7.59. The molecule has 32 heavy (non-hydrogen) atoms. The molecular formula is C24H23ClN2O5. The molecular weight excluding hydrogens is 432 g/mol. The van der Waals surface area contributed by atoms with Crippen LogP contribution in [0.25, 0.3) is 11.1 Å². The summed E-state index contributed by atoms with van der Waals surface area (Å²) in [7, 11) is 0. The van der Waals surface area contributed by atoms with Crippen molar-refractivity contribution < 1.29 is 24.9 Å². The molecule has 3 rings (SSSR count). The van der Waals surface area contributed by atoms with Gasteiger partial charge in [-0.25, -0.2) is 9.59 Å². The molecule has 166 valence electrons. The Morgan fingerprint density at radius 2 is 1.69 bits per heavy atom. The third kappa shape index (κ3) is 6.07. The van der Waals surface area contributed by atoms with Crippen LogP contribution >= 0.6 is 11.6 Å². The van der Waals surface area contributed by atoms with Crippen molar-refractivity contribution in [1.29, 1.82) is 0 Å². The summed E-state index contributed by atoms with van der Waals surface area (Å²) in [5.74, 6) is -2.37. The van der Waals surface area contributed by atoms with Crippen LogP contribution in [0.3, 0.4) is 0 Å². The molecule has 1 unspecified atom stereocenters. The molecule has 1 atom stereocenters. The third-order valence-corrected chi connectivity index (χ3v) is 5.11. The van der Waals surface area contributed by atoms with Gasteiger partial charge < -0.3 is 26.0 Å². The normalized spacial score (nSPS) is 11.7. The second-order valence-electron chi connectivity index (χ2n) is 7.15. The van der Waals surface area contributed by atoms with Crippen molar-refractivity contribution >= 4 is 29.2 Å². The van der Waals surface area contributed by atoms with Gasteiger partial charge in [0, 0.05) is 30.3 Å². The summed E-state index contributed by atoms with van der Waals surface area (Å²) in [6, 6.07) is 18.4. The molecule has 0 bridgehead atoms. The lowest BCUT2D eigenvalue weighted by Crippen LogP contribution is -2.26. The van der Waals surface area contributed by atoms with Gasteiger partial charge in [-0.3, -0.25) is 0 Å². The number of carboxylic acids is 2. The van der Waals surface area contributed by atoms with Gasteiger partial charge in [-0.2, -0.15) is 0 Å². The molecule has 3 aromatic rings. The van der Waals surface area contributed by atoms with Crippen molar-refractivity contribution in [3.63, 3.8) is 0 Å². The topological polar surface area (TPSA) is 119 Å². The van der Waals surface area contributed by atoms with E-state index in [0.717, 1.165) is 17.3 Å². The van der Waals surface area contributed by atoms with Crippen LogP contribution in [0.2, 0.25) is 5.02 Å². The van der Waals surface area contributed by atoms with Gasteiger partial charge in [0.1, 0.15) is 0 Å². The molecule has 7 nitrogen and oxygen atoms in total. The molecule has 0 radical (unpaired) electrons. The van der Waals surface area contributed by atoms with E-state index in [1.807, 2.05) is 18.2 Å².